The van der Waals surface area contributed by atoms with Crippen molar-refractivity contribution in [2.24, 2.45) is 0 Å². The number of hydrogen-bond donors (Lipinski definition) is 1. The molecule has 0 radical (unpaired) electrons. The van der Waals surface area contributed by atoms with E-state index in [0.717, 1.165) is 20.8 Å². The van der Waals surface area contributed by atoms with Crippen LogP contribution in [-0.2, 0) is 0 Å². The highest BCUT2D eigenvalue weighted by Gasteiger charge is 2.25. The van der Waals surface area contributed by atoms with E-state index in [0.29, 0.717) is 17.8 Å². The molecule has 0 fully saturated rings. The van der Waals surface area contributed by atoms with E-state index in [4.69, 9.17) is 5.73 Å². The molecule has 3 rings (SSSR count). The molecular weight excluding hydrogens is 336 g/mol. The van der Waals surface area contributed by atoms with Crippen molar-refractivity contribution >= 4 is 45.0 Å². The Kier molecular flexibility index (Phi) is 3.72. The molecular formula is C15H13BrN2OS. The zero-order chi connectivity index (χ0) is 14.1. The van der Waals surface area contributed by atoms with Gasteiger partial charge < -0.3 is 10.6 Å². The molecule has 5 heteroatoms. The van der Waals surface area contributed by atoms with Crippen LogP contribution in [0.3, 0.4) is 0 Å². The number of nitrogens with two attached hydrogens (primary N) is 1. The third kappa shape index (κ3) is 2.43. The van der Waals surface area contributed by atoms with Crippen molar-refractivity contribution in [3.05, 3.63) is 52.5 Å². The van der Waals surface area contributed by atoms with Crippen LogP contribution >= 0.6 is 27.7 Å². The third-order valence-electron chi connectivity index (χ3n) is 3.20. The van der Waals surface area contributed by atoms with Crippen LogP contribution in [0.1, 0.15) is 10.4 Å². The Balaban J connectivity index is 2.03. The smallest absolute Gasteiger partial charge is 0.259 e. The van der Waals surface area contributed by atoms with Crippen molar-refractivity contribution in [2.75, 3.05) is 22.9 Å². The minimum Gasteiger partial charge on any atom is -0.399 e. The van der Waals surface area contributed by atoms with Crippen LogP contribution in [0.5, 0.6) is 0 Å². The first-order chi connectivity index (χ1) is 9.66. The molecule has 0 bridgehead atoms. The molecule has 1 heterocycles. The van der Waals surface area contributed by atoms with Crippen molar-refractivity contribution in [2.45, 2.75) is 4.90 Å². The van der Waals surface area contributed by atoms with Gasteiger partial charge in [0, 0.05) is 27.4 Å². The maximum absolute atomic E-state index is 12.7. The van der Waals surface area contributed by atoms with Gasteiger partial charge in [0.2, 0.25) is 0 Å². The average molecular weight is 349 g/mol. The summed E-state index contributed by atoms with van der Waals surface area (Å²) in [6.07, 6.45) is 0. The molecule has 2 aromatic carbocycles. The number of thioether (sulfide) groups is 1. The van der Waals surface area contributed by atoms with E-state index in [1.807, 2.05) is 47.4 Å². The molecule has 0 saturated heterocycles. The molecule has 0 unspecified atom stereocenters. The van der Waals surface area contributed by atoms with E-state index in [-0.39, 0.29) is 5.91 Å². The molecule has 0 spiro atoms. The summed E-state index contributed by atoms with van der Waals surface area (Å²) in [6, 6.07) is 13.2. The SMILES string of the molecule is Nc1ccc2c(c1)N(C(=O)c1ccccc1Br)CCS2. The van der Waals surface area contributed by atoms with Crippen molar-refractivity contribution in [1.82, 2.24) is 0 Å². The van der Waals surface area contributed by atoms with E-state index in [9.17, 15) is 4.79 Å². The minimum absolute atomic E-state index is 0.00428. The van der Waals surface area contributed by atoms with Gasteiger partial charge in [-0.25, -0.2) is 0 Å². The van der Waals surface area contributed by atoms with Crippen LogP contribution in [0.15, 0.2) is 51.8 Å². The number of fused-ring (bicyclic) bond motifs is 1. The first kappa shape index (κ1) is 13.5. The Morgan fingerprint density at radius 2 is 2.05 bits per heavy atom. The molecule has 102 valence electrons. The first-order valence-electron chi connectivity index (χ1n) is 6.25. The molecule has 20 heavy (non-hydrogen) atoms. The molecule has 1 aliphatic heterocycles. The Bertz CT molecular complexity index is 675. The van der Waals surface area contributed by atoms with E-state index < -0.39 is 0 Å². The lowest BCUT2D eigenvalue weighted by Crippen LogP contribution is -2.35. The van der Waals surface area contributed by atoms with E-state index >= 15 is 0 Å². The number of benzene rings is 2. The van der Waals surface area contributed by atoms with Gasteiger partial charge in [-0.3, -0.25) is 4.79 Å². The normalized spacial score (nSPS) is 13.9. The van der Waals surface area contributed by atoms with Gasteiger partial charge >= 0.3 is 0 Å². The summed E-state index contributed by atoms with van der Waals surface area (Å²) in [7, 11) is 0. The van der Waals surface area contributed by atoms with Gasteiger partial charge in [-0.1, -0.05) is 12.1 Å². The molecule has 2 N–H and O–H groups in total. The largest absolute Gasteiger partial charge is 0.399 e. The summed E-state index contributed by atoms with van der Waals surface area (Å²) < 4.78 is 0.814. The summed E-state index contributed by atoms with van der Waals surface area (Å²) in [5.74, 6) is 0.900. The lowest BCUT2D eigenvalue weighted by molar-refractivity contribution is 0.0987. The number of nitrogen functional groups attached to an aromatic ring is 1. The van der Waals surface area contributed by atoms with Crippen LogP contribution in [-0.4, -0.2) is 18.2 Å². The number of carbonyl (C=O) groups excluding carboxylic acids is 1. The number of carbonyl (C=O) groups is 1. The van der Waals surface area contributed by atoms with Crippen LogP contribution in [0.2, 0.25) is 0 Å². The lowest BCUT2D eigenvalue weighted by Gasteiger charge is -2.29. The summed E-state index contributed by atoms with van der Waals surface area (Å²) in [5.41, 5.74) is 8.11. The van der Waals surface area contributed by atoms with Crippen LogP contribution < -0.4 is 10.6 Å². The minimum atomic E-state index is 0.00428. The Morgan fingerprint density at radius 3 is 2.85 bits per heavy atom. The molecule has 0 atom stereocenters. The summed E-state index contributed by atoms with van der Waals surface area (Å²) in [4.78, 5) is 15.7. The van der Waals surface area contributed by atoms with Gasteiger partial charge in [0.15, 0.2) is 0 Å². The fourth-order valence-electron chi connectivity index (χ4n) is 2.23. The molecule has 0 aromatic heterocycles. The fraction of sp³-hybridized carbons (Fsp3) is 0.133. The second-order valence-electron chi connectivity index (χ2n) is 4.51. The highest BCUT2D eigenvalue weighted by Crippen LogP contribution is 2.37. The predicted molar refractivity (Wildman–Crippen MR) is 87.4 cm³/mol. The number of hydrogen-bond acceptors (Lipinski definition) is 3. The maximum atomic E-state index is 12.7. The van der Waals surface area contributed by atoms with Crippen LogP contribution in [0.4, 0.5) is 11.4 Å². The second kappa shape index (κ2) is 5.50. The van der Waals surface area contributed by atoms with Crippen molar-refractivity contribution in [3.63, 3.8) is 0 Å². The van der Waals surface area contributed by atoms with Crippen LogP contribution in [0, 0.1) is 0 Å². The van der Waals surface area contributed by atoms with Crippen LogP contribution in [0.25, 0.3) is 0 Å². The highest BCUT2D eigenvalue weighted by molar-refractivity contribution is 9.10. The molecule has 2 aromatic rings. The predicted octanol–water partition coefficient (Wildman–Crippen LogP) is 3.78. The molecule has 0 saturated carbocycles. The van der Waals surface area contributed by atoms with Crippen molar-refractivity contribution in [1.29, 1.82) is 0 Å². The van der Waals surface area contributed by atoms with E-state index in [1.54, 1.807) is 11.8 Å². The third-order valence-corrected chi connectivity index (χ3v) is 4.93. The Morgan fingerprint density at radius 1 is 1.25 bits per heavy atom. The van der Waals surface area contributed by atoms with Gasteiger partial charge in [-0.15, -0.1) is 11.8 Å². The van der Waals surface area contributed by atoms with Gasteiger partial charge in [0.25, 0.3) is 5.91 Å². The van der Waals surface area contributed by atoms with Gasteiger partial charge in [0.1, 0.15) is 0 Å². The number of nitrogens with zero attached hydrogens (tertiary/aromatic N) is 1. The molecule has 1 aliphatic rings. The van der Waals surface area contributed by atoms with Gasteiger partial charge in [-0.05, 0) is 46.3 Å². The van der Waals surface area contributed by atoms with Crippen molar-refractivity contribution in [3.8, 4) is 0 Å². The monoisotopic (exact) mass is 348 g/mol. The number of halogens is 1. The highest BCUT2D eigenvalue weighted by atomic mass is 79.9. The molecule has 3 nitrogen and oxygen atoms in total. The average Bonchev–Trinajstić information content (AvgIpc) is 2.46. The summed E-state index contributed by atoms with van der Waals surface area (Å²) in [6.45, 7) is 0.696. The van der Waals surface area contributed by atoms with Crippen molar-refractivity contribution < 1.29 is 4.79 Å². The fourth-order valence-corrected chi connectivity index (χ4v) is 3.66. The lowest BCUT2D eigenvalue weighted by atomic mass is 10.1. The maximum Gasteiger partial charge on any atom is 0.259 e. The first-order valence-corrected chi connectivity index (χ1v) is 8.03. The molecule has 1 amide bonds. The van der Waals surface area contributed by atoms with E-state index in [2.05, 4.69) is 15.9 Å². The van der Waals surface area contributed by atoms with Gasteiger partial charge in [-0.2, -0.15) is 0 Å². The standard InChI is InChI=1S/C15H13BrN2OS/c16-12-4-2-1-3-11(12)15(19)18-7-8-20-14-6-5-10(17)9-13(14)18/h1-6,9H,7-8,17H2. The van der Waals surface area contributed by atoms with Gasteiger partial charge in [0.05, 0.1) is 11.3 Å². The number of amides is 1. The molecule has 0 aliphatic carbocycles. The number of rotatable bonds is 1. The zero-order valence-corrected chi connectivity index (χ0v) is 13.1. The quantitative estimate of drug-likeness (QED) is 0.797. The second-order valence-corrected chi connectivity index (χ2v) is 6.50. The summed E-state index contributed by atoms with van der Waals surface area (Å²) >= 11 is 5.20. The Labute approximate surface area is 130 Å². The summed E-state index contributed by atoms with van der Waals surface area (Å²) in [5, 5.41) is 0. The topological polar surface area (TPSA) is 46.3 Å². The number of anilines is 2. The Hall–Kier alpha value is -1.46. The van der Waals surface area contributed by atoms with E-state index in [1.165, 1.54) is 0 Å². The zero-order valence-electron chi connectivity index (χ0n) is 10.7.